The number of hydrogen-bond donors (Lipinski definition) is 2. The van der Waals surface area contributed by atoms with E-state index in [0.717, 1.165) is 12.8 Å². The molecule has 1 aromatic heterocycles. The fourth-order valence-corrected chi connectivity index (χ4v) is 4.43. The van der Waals surface area contributed by atoms with Crippen molar-refractivity contribution in [1.29, 1.82) is 0 Å². The van der Waals surface area contributed by atoms with Crippen LogP contribution in [0.5, 0.6) is 0 Å². The van der Waals surface area contributed by atoms with E-state index in [1.54, 1.807) is 30.3 Å². The maximum absolute atomic E-state index is 12.5. The molecule has 1 aromatic carbocycles. The Bertz CT molecular complexity index is 911. The molecule has 2 aromatic rings. The lowest BCUT2D eigenvalue weighted by atomic mass is 10.2. The largest absolute Gasteiger partial charge is 0.353 e. The van der Waals surface area contributed by atoms with Crippen LogP contribution in [0.2, 0.25) is 5.02 Å². The van der Waals surface area contributed by atoms with E-state index in [-0.39, 0.29) is 23.6 Å². The average molecular weight is 448 g/mol. The quantitative estimate of drug-likeness (QED) is 0.451. The third kappa shape index (κ3) is 5.86. The van der Waals surface area contributed by atoms with Crippen LogP contribution in [0.25, 0.3) is 0 Å². The highest BCUT2D eigenvalue weighted by atomic mass is 35.5. The first-order chi connectivity index (χ1) is 14.5. The van der Waals surface area contributed by atoms with Gasteiger partial charge in [-0.2, -0.15) is 0 Å². The molecule has 1 fully saturated rings. The molecule has 0 aliphatic heterocycles. The Hall–Kier alpha value is -2.32. The first kappa shape index (κ1) is 22.4. The standard InChI is InChI=1S/C21H26ClN5O2S/c1-3-11-27-19(14(2)23-20(29)15-7-6-8-16(22)12-15)25-26-21(27)30-13-18(28)24-17-9-4-5-10-17/h3,6-8,12,14,17H,1,4-5,9-11,13H2,2H3,(H,23,29)(H,24,28). The lowest BCUT2D eigenvalue weighted by Crippen LogP contribution is -2.33. The summed E-state index contributed by atoms with van der Waals surface area (Å²) in [5, 5.41) is 15.6. The summed E-state index contributed by atoms with van der Waals surface area (Å²) in [5.74, 6) is 0.630. The number of allylic oxidation sites excluding steroid dienone is 1. The van der Waals surface area contributed by atoms with Gasteiger partial charge in [0.25, 0.3) is 5.91 Å². The van der Waals surface area contributed by atoms with Gasteiger partial charge in [-0.05, 0) is 38.0 Å². The molecule has 0 radical (unpaired) electrons. The fraction of sp³-hybridized carbons (Fsp3) is 0.429. The van der Waals surface area contributed by atoms with E-state index in [4.69, 9.17) is 11.6 Å². The normalized spacial score (nSPS) is 15.0. The van der Waals surface area contributed by atoms with Crippen LogP contribution < -0.4 is 10.6 Å². The molecule has 1 saturated carbocycles. The van der Waals surface area contributed by atoms with Gasteiger partial charge < -0.3 is 15.2 Å². The minimum absolute atomic E-state index is 0.00362. The molecule has 2 amide bonds. The summed E-state index contributed by atoms with van der Waals surface area (Å²) in [6, 6.07) is 6.67. The van der Waals surface area contributed by atoms with E-state index in [9.17, 15) is 9.59 Å². The van der Waals surface area contributed by atoms with Crippen LogP contribution >= 0.6 is 23.4 Å². The van der Waals surface area contributed by atoms with Gasteiger partial charge in [-0.15, -0.1) is 16.8 Å². The third-order valence-corrected chi connectivity index (χ3v) is 6.13. The van der Waals surface area contributed by atoms with Crippen molar-refractivity contribution in [3.8, 4) is 0 Å². The molecule has 9 heteroatoms. The number of benzene rings is 1. The molecule has 2 N–H and O–H groups in total. The zero-order valence-electron chi connectivity index (χ0n) is 16.9. The molecular formula is C21H26ClN5O2S. The monoisotopic (exact) mass is 447 g/mol. The molecule has 1 aliphatic carbocycles. The predicted octanol–water partition coefficient (Wildman–Crippen LogP) is 3.76. The number of amides is 2. The predicted molar refractivity (Wildman–Crippen MR) is 119 cm³/mol. The zero-order valence-corrected chi connectivity index (χ0v) is 18.5. The van der Waals surface area contributed by atoms with Crippen LogP contribution in [0, 0.1) is 0 Å². The van der Waals surface area contributed by atoms with Gasteiger partial charge in [0.2, 0.25) is 5.91 Å². The van der Waals surface area contributed by atoms with Crippen molar-refractivity contribution in [1.82, 2.24) is 25.4 Å². The van der Waals surface area contributed by atoms with Crippen molar-refractivity contribution in [2.24, 2.45) is 0 Å². The van der Waals surface area contributed by atoms with Gasteiger partial charge in [-0.3, -0.25) is 9.59 Å². The van der Waals surface area contributed by atoms with Gasteiger partial charge in [-0.1, -0.05) is 48.3 Å². The van der Waals surface area contributed by atoms with E-state index in [1.165, 1.54) is 24.6 Å². The van der Waals surface area contributed by atoms with Crippen molar-refractivity contribution in [3.05, 3.63) is 53.3 Å². The van der Waals surface area contributed by atoms with Crippen LogP contribution in [0.3, 0.4) is 0 Å². The summed E-state index contributed by atoms with van der Waals surface area (Å²) in [4.78, 5) is 24.8. The Balaban J connectivity index is 1.64. The van der Waals surface area contributed by atoms with Gasteiger partial charge in [-0.25, -0.2) is 0 Å². The molecule has 160 valence electrons. The summed E-state index contributed by atoms with van der Waals surface area (Å²) in [6.45, 7) is 6.11. The smallest absolute Gasteiger partial charge is 0.251 e. The van der Waals surface area contributed by atoms with Crippen molar-refractivity contribution >= 4 is 35.2 Å². The number of halogens is 1. The van der Waals surface area contributed by atoms with Crippen LogP contribution in [-0.2, 0) is 11.3 Å². The number of hydrogen-bond acceptors (Lipinski definition) is 5. The average Bonchev–Trinajstić information content (AvgIpc) is 3.36. The number of rotatable bonds is 9. The van der Waals surface area contributed by atoms with E-state index in [1.807, 2.05) is 11.5 Å². The molecule has 7 nitrogen and oxygen atoms in total. The van der Waals surface area contributed by atoms with Crippen LogP contribution in [-0.4, -0.2) is 38.4 Å². The number of carbonyl (C=O) groups is 2. The van der Waals surface area contributed by atoms with Crippen molar-refractivity contribution < 1.29 is 9.59 Å². The second-order valence-electron chi connectivity index (χ2n) is 7.28. The second-order valence-corrected chi connectivity index (χ2v) is 8.66. The summed E-state index contributed by atoms with van der Waals surface area (Å²) >= 11 is 7.31. The van der Waals surface area contributed by atoms with E-state index < -0.39 is 0 Å². The Labute approximate surface area is 185 Å². The Kier molecular flexibility index (Phi) is 7.93. The van der Waals surface area contributed by atoms with Gasteiger partial charge >= 0.3 is 0 Å². The van der Waals surface area contributed by atoms with Crippen molar-refractivity contribution in [3.63, 3.8) is 0 Å². The van der Waals surface area contributed by atoms with Gasteiger partial charge in [0.05, 0.1) is 11.8 Å². The van der Waals surface area contributed by atoms with Crippen molar-refractivity contribution in [2.45, 2.75) is 56.4 Å². The summed E-state index contributed by atoms with van der Waals surface area (Å²) < 4.78 is 1.86. The van der Waals surface area contributed by atoms with Crippen LogP contribution in [0.1, 0.15) is 54.8 Å². The molecular weight excluding hydrogens is 422 g/mol. The Morgan fingerprint density at radius 3 is 2.83 bits per heavy atom. The number of thioether (sulfide) groups is 1. The Morgan fingerprint density at radius 1 is 1.37 bits per heavy atom. The summed E-state index contributed by atoms with van der Waals surface area (Å²) in [6.07, 6.45) is 6.19. The number of nitrogens with zero attached hydrogens (tertiary/aromatic N) is 3. The zero-order chi connectivity index (χ0) is 21.5. The number of aromatic nitrogens is 3. The Morgan fingerprint density at radius 2 is 2.13 bits per heavy atom. The van der Waals surface area contributed by atoms with Gasteiger partial charge in [0.1, 0.15) is 0 Å². The van der Waals surface area contributed by atoms with E-state index in [2.05, 4.69) is 27.4 Å². The molecule has 1 aliphatic rings. The highest BCUT2D eigenvalue weighted by Gasteiger charge is 2.21. The van der Waals surface area contributed by atoms with Crippen LogP contribution in [0.15, 0.2) is 42.1 Å². The molecule has 3 rings (SSSR count). The lowest BCUT2D eigenvalue weighted by molar-refractivity contribution is -0.119. The molecule has 30 heavy (non-hydrogen) atoms. The summed E-state index contributed by atoms with van der Waals surface area (Å²) in [7, 11) is 0. The molecule has 0 spiro atoms. The maximum atomic E-state index is 12.5. The van der Waals surface area contributed by atoms with Crippen LogP contribution in [0.4, 0.5) is 0 Å². The first-order valence-corrected chi connectivity index (χ1v) is 11.4. The number of carbonyl (C=O) groups excluding carboxylic acids is 2. The topological polar surface area (TPSA) is 88.9 Å². The minimum Gasteiger partial charge on any atom is -0.353 e. The van der Waals surface area contributed by atoms with Gasteiger partial charge in [0.15, 0.2) is 11.0 Å². The molecule has 1 heterocycles. The second kappa shape index (κ2) is 10.6. The SMILES string of the molecule is C=CCn1c(SCC(=O)NC2CCCC2)nnc1C(C)NC(=O)c1cccc(Cl)c1. The third-order valence-electron chi connectivity index (χ3n) is 4.93. The summed E-state index contributed by atoms with van der Waals surface area (Å²) in [5.41, 5.74) is 0.474. The fourth-order valence-electron chi connectivity index (χ4n) is 3.47. The molecule has 0 bridgehead atoms. The molecule has 1 unspecified atom stereocenters. The first-order valence-electron chi connectivity index (χ1n) is 10.0. The van der Waals surface area contributed by atoms with Gasteiger partial charge in [0, 0.05) is 23.2 Å². The minimum atomic E-state index is -0.384. The highest BCUT2D eigenvalue weighted by molar-refractivity contribution is 7.99. The highest BCUT2D eigenvalue weighted by Crippen LogP contribution is 2.22. The molecule has 0 saturated heterocycles. The van der Waals surface area contributed by atoms with E-state index >= 15 is 0 Å². The van der Waals surface area contributed by atoms with E-state index in [0.29, 0.717) is 34.2 Å². The van der Waals surface area contributed by atoms with Crippen molar-refractivity contribution in [2.75, 3.05) is 5.75 Å². The number of nitrogens with one attached hydrogen (secondary N) is 2. The maximum Gasteiger partial charge on any atom is 0.251 e. The lowest BCUT2D eigenvalue weighted by Gasteiger charge is -2.15. The molecule has 1 atom stereocenters.